The van der Waals surface area contributed by atoms with Crippen LogP contribution in [-0.2, 0) is 6.54 Å². The highest BCUT2D eigenvalue weighted by Crippen LogP contribution is 2.26. The third kappa shape index (κ3) is 3.69. The van der Waals surface area contributed by atoms with Crippen molar-refractivity contribution in [3.8, 4) is 0 Å². The van der Waals surface area contributed by atoms with Gasteiger partial charge >= 0.3 is 0 Å². The Labute approximate surface area is 129 Å². The molecule has 0 radical (unpaired) electrons. The van der Waals surface area contributed by atoms with Gasteiger partial charge in [-0.1, -0.05) is 41.4 Å². The summed E-state index contributed by atoms with van der Waals surface area (Å²) in [4.78, 5) is 10.8. The van der Waals surface area contributed by atoms with E-state index in [-0.39, 0.29) is 6.04 Å². The Balaban J connectivity index is 2.15. The van der Waals surface area contributed by atoms with E-state index < -0.39 is 0 Å². The van der Waals surface area contributed by atoms with Gasteiger partial charge in [0, 0.05) is 16.8 Å². The summed E-state index contributed by atoms with van der Waals surface area (Å²) in [5.41, 5.74) is 1.97. The first-order valence-electron chi connectivity index (χ1n) is 6.42. The second-order valence-corrected chi connectivity index (χ2v) is 5.66. The van der Waals surface area contributed by atoms with Crippen molar-refractivity contribution >= 4 is 23.2 Å². The van der Waals surface area contributed by atoms with Gasteiger partial charge in [0.25, 0.3) is 0 Å². The van der Waals surface area contributed by atoms with Crippen LogP contribution in [0.1, 0.15) is 30.0 Å². The molecule has 1 unspecified atom stereocenters. The number of nitrogens with zero attached hydrogens (tertiary/aromatic N) is 3. The van der Waals surface area contributed by atoms with Crippen LogP contribution in [0.4, 0.5) is 0 Å². The minimum Gasteiger partial charge on any atom is -0.292 e. The van der Waals surface area contributed by atoms with Gasteiger partial charge in [-0.25, -0.2) is 9.97 Å². The molecule has 3 nitrogen and oxygen atoms in total. The van der Waals surface area contributed by atoms with Crippen LogP contribution in [0, 0.1) is 6.92 Å². The molecule has 0 fully saturated rings. The first kappa shape index (κ1) is 15.2. The molecule has 20 heavy (non-hydrogen) atoms. The SMILES string of the molecule is Cc1cc(Cl)nc(CN(C)C(C)c2ccccc2Cl)n1. The van der Waals surface area contributed by atoms with E-state index in [9.17, 15) is 0 Å². The lowest BCUT2D eigenvalue weighted by Crippen LogP contribution is -2.23. The summed E-state index contributed by atoms with van der Waals surface area (Å²) < 4.78 is 0. The summed E-state index contributed by atoms with van der Waals surface area (Å²) >= 11 is 12.2. The summed E-state index contributed by atoms with van der Waals surface area (Å²) in [6, 6.07) is 9.79. The molecule has 0 aliphatic carbocycles. The van der Waals surface area contributed by atoms with Crippen LogP contribution in [0.25, 0.3) is 0 Å². The van der Waals surface area contributed by atoms with Gasteiger partial charge < -0.3 is 0 Å². The Bertz CT molecular complexity index is 581. The highest BCUT2D eigenvalue weighted by atomic mass is 35.5. The lowest BCUT2D eigenvalue weighted by molar-refractivity contribution is 0.247. The summed E-state index contributed by atoms with van der Waals surface area (Å²) in [5.74, 6) is 0.719. The van der Waals surface area contributed by atoms with E-state index in [0.29, 0.717) is 11.7 Å². The molecule has 0 aliphatic heterocycles. The molecule has 0 amide bonds. The number of rotatable bonds is 4. The molecule has 106 valence electrons. The van der Waals surface area contributed by atoms with Crippen molar-refractivity contribution in [3.05, 3.63) is 57.6 Å². The molecule has 0 saturated heterocycles. The smallest absolute Gasteiger partial charge is 0.144 e. The average molecular weight is 310 g/mol. The average Bonchev–Trinajstić information content (AvgIpc) is 2.37. The number of halogens is 2. The van der Waals surface area contributed by atoms with Gasteiger partial charge in [0.15, 0.2) is 0 Å². The van der Waals surface area contributed by atoms with Crippen molar-refractivity contribution in [2.24, 2.45) is 0 Å². The molecular weight excluding hydrogens is 293 g/mol. The number of aryl methyl sites for hydroxylation is 1. The lowest BCUT2D eigenvalue weighted by Gasteiger charge is -2.25. The fourth-order valence-electron chi connectivity index (χ4n) is 2.07. The molecule has 1 aromatic heterocycles. The van der Waals surface area contributed by atoms with E-state index in [1.807, 2.05) is 38.2 Å². The fraction of sp³-hybridized carbons (Fsp3) is 0.333. The molecule has 1 aromatic carbocycles. The Morgan fingerprint density at radius 2 is 1.90 bits per heavy atom. The van der Waals surface area contributed by atoms with Crippen LogP contribution < -0.4 is 0 Å². The third-order valence-corrected chi connectivity index (χ3v) is 3.81. The van der Waals surface area contributed by atoms with Crippen molar-refractivity contribution in [3.63, 3.8) is 0 Å². The Morgan fingerprint density at radius 1 is 1.20 bits per heavy atom. The van der Waals surface area contributed by atoms with Crippen molar-refractivity contribution in [1.29, 1.82) is 0 Å². The molecule has 0 bridgehead atoms. The third-order valence-electron chi connectivity index (χ3n) is 3.28. The highest BCUT2D eigenvalue weighted by molar-refractivity contribution is 6.31. The van der Waals surface area contributed by atoms with E-state index >= 15 is 0 Å². The largest absolute Gasteiger partial charge is 0.292 e. The van der Waals surface area contributed by atoms with Crippen molar-refractivity contribution in [1.82, 2.24) is 14.9 Å². The van der Waals surface area contributed by atoms with Gasteiger partial charge in [0.1, 0.15) is 11.0 Å². The standard InChI is InChI=1S/C15H17Cl2N3/c1-10-8-14(17)19-15(18-10)9-20(3)11(2)12-6-4-5-7-13(12)16/h4-8,11H,9H2,1-3H3. The van der Waals surface area contributed by atoms with E-state index in [1.54, 1.807) is 6.07 Å². The van der Waals surface area contributed by atoms with Crippen molar-refractivity contribution in [2.75, 3.05) is 7.05 Å². The first-order valence-corrected chi connectivity index (χ1v) is 7.17. The zero-order valence-electron chi connectivity index (χ0n) is 11.8. The second kappa shape index (κ2) is 6.53. The number of hydrogen-bond acceptors (Lipinski definition) is 3. The Hall–Kier alpha value is -1.16. The minimum atomic E-state index is 0.173. The molecule has 0 spiro atoms. The van der Waals surface area contributed by atoms with Crippen LogP contribution >= 0.6 is 23.2 Å². The van der Waals surface area contributed by atoms with Crippen LogP contribution in [0.5, 0.6) is 0 Å². The molecule has 0 saturated carbocycles. The summed E-state index contributed by atoms with van der Waals surface area (Å²) in [6.45, 7) is 4.64. The van der Waals surface area contributed by atoms with E-state index in [2.05, 4.69) is 21.8 Å². The lowest BCUT2D eigenvalue weighted by atomic mass is 10.1. The number of benzene rings is 1. The van der Waals surface area contributed by atoms with Gasteiger partial charge in [-0.3, -0.25) is 4.90 Å². The van der Waals surface area contributed by atoms with Gasteiger partial charge in [0.2, 0.25) is 0 Å². The summed E-state index contributed by atoms with van der Waals surface area (Å²) in [5, 5.41) is 1.25. The molecule has 2 rings (SSSR count). The van der Waals surface area contributed by atoms with Crippen LogP contribution in [0.15, 0.2) is 30.3 Å². The maximum Gasteiger partial charge on any atom is 0.144 e. The molecular formula is C15H17Cl2N3. The molecule has 2 aromatic rings. The Morgan fingerprint density at radius 3 is 2.55 bits per heavy atom. The van der Waals surface area contributed by atoms with E-state index in [4.69, 9.17) is 23.2 Å². The highest BCUT2D eigenvalue weighted by Gasteiger charge is 2.15. The topological polar surface area (TPSA) is 29.0 Å². The van der Waals surface area contributed by atoms with Gasteiger partial charge in [-0.15, -0.1) is 0 Å². The predicted molar refractivity (Wildman–Crippen MR) is 83.1 cm³/mol. The van der Waals surface area contributed by atoms with Gasteiger partial charge in [-0.2, -0.15) is 0 Å². The van der Waals surface area contributed by atoms with Crippen molar-refractivity contribution < 1.29 is 0 Å². The zero-order chi connectivity index (χ0) is 14.7. The minimum absolute atomic E-state index is 0.173. The molecule has 0 aliphatic rings. The zero-order valence-corrected chi connectivity index (χ0v) is 13.3. The van der Waals surface area contributed by atoms with Crippen LogP contribution in [-0.4, -0.2) is 21.9 Å². The molecule has 1 heterocycles. The first-order chi connectivity index (χ1) is 9.47. The molecule has 5 heteroatoms. The fourth-order valence-corrected chi connectivity index (χ4v) is 2.62. The maximum atomic E-state index is 6.24. The number of hydrogen-bond donors (Lipinski definition) is 0. The predicted octanol–water partition coefficient (Wildman–Crippen LogP) is 4.28. The van der Waals surface area contributed by atoms with Crippen LogP contribution in [0.2, 0.25) is 10.2 Å². The van der Waals surface area contributed by atoms with E-state index in [1.165, 1.54) is 0 Å². The van der Waals surface area contributed by atoms with Gasteiger partial charge in [0.05, 0.1) is 6.54 Å². The van der Waals surface area contributed by atoms with E-state index in [0.717, 1.165) is 22.1 Å². The number of aromatic nitrogens is 2. The quantitative estimate of drug-likeness (QED) is 0.789. The normalized spacial score (nSPS) is 12.7. The van der Waals surface area contributed by atoms with Gasteiger partial charge in [-0.05, 0) is 38.6 Å². The summed E-state index contributed by atoms with van der Waals surface area (Å²) in [6.07, 6.45) is 0. The molecule has 1 atom stereocenters. The molecule has 0 N–H and O–H groups in total. The maximum absolute atomic E-state index is 6.24. The second-order valence-electron chi connectivity index (χ2n) is 4.86. The summed E-state index contributed by atoms with van der Waals surface area (Å²) in [7, 11) is 2.02. The monoisotopic (exact) mass is 309 g/mol. The van der Waals surface area contributed by atoms with Crippen molar-refractivity contribution in [2.45, 2.75) is 26.4 Å². The van der Waals surface area contributed by atoms with Crippen LogP contribution in [0.3, 0.4) is 0 Å². The Kier molecular flexibility index (Phi) is 4.97.